The van der Waals surface area contributed by atoms with Gasteiger partial charge >= 0.3 is 6.09 Å². The molecule has 7 heteroatoms. The Morgan fingerprint density at radius 3 is 2.33 bits per heavy atom. The summed E-state index contributed by atoms with van der Waals surface area (Å²) in [5.41, 5.74) is 1.24. The van der Waals surface area contributed by atoms with Crippen LogP contribution in [0.1, 0.15) is 0 Å². The summed E-state index contributed by atoms with van der Waals surface area (Å²) in [4.78, 5) is 16.5. The minimum atomic E-state index is -3.24. The summed E-state index contributed by atoms with van der Waals surface area (Å²) < 4.78 is 29.4. The van der Waals surface area contributed by atoms with E-state index < -0.39 is 15.9 Å². The second-order valence-corrected chi connectivity index (χ2v) is 7.16. The zero-order valence-corrected chi connectivity index (χ0v) is 13.6. The molecule has 0 amide bonds. The van der Waals surface area contributed by atoms with Gasteiger partial charge in [-0.3, -0.25) is 0 Å². The van der Waals surface area contributed by atoms with Gasteiger partial charge in [0.15, 0.2) is 9.84 Å². The fourth-order valence-electron chi connectivity index (χ4n) is 2.09. The van der Waals surface area contributed by atoms with Crippen LogP contribution >= 0.6 is 0 Å². The highest BCUT2D eigenvalue weighted by Crippen LogP contribution is 2.20. The second-order valence-electron chi connectivity index (χ2n) is 5.14. The first-order chi connectivity index (χ1) is 11.4. The molecule has 0 saturated heterocycles. The van der Waals surface area contributed by atoms with Crippen LogP contribution in [-0.2, 0) is 9.84 Å². The monoisotopic (exact) mass is 342 g/mol. The Morgan fingerprint density at radius 2 is 1.71 bits per heavy atom. The van der Waals surface area contributed by atoms with Crippen molar-refractivity contribution < 1.29 is 17.9 Å². The van der Waals surface area contributed by atoms with Gasteiger partial charge in [0.1, 0.15) is 12.1 Å². The Bertz CT molecular complexity index is 961. The summed E-state index contributed by atoms with van der Waals surface area (Å²) in [7, 11) is -3.24. The van der Waals surface area contributed by atoms with Crippen molar-refractivity contribution in [2.45, 2.75) is 4.90 Å². The van der Waals surface area contributed by atoms with Gasteiger partial charge in [-0.15, -0.1) is 0 Å². The summed E-state index contributed by atoms with van der Waals surface area (Å²) in [5.74, 6) is 0.440. The van der Waals surface area contributed by atoms with Gasteiger partial charge in [0, 0.05) is 18.0 Å². The Morgan fingerprint density at radius 1 is 1.04 bits per heavy atom. The number of benzene rings is 2. The zero-order valence-electron chi connectivity index (χ0n) is 12.8. The molecule has 6 nitrogen and oxygen atoms in total. The number of nitrogens with zero attached hydrogens (tertiary/aromatic N) is 2. The number of para-hydroxylation sites is 1. The number of sulfone groups is 1. The van der Waals surface area contributed by atoms with E-state index in [0.717, 1.165) is 6.26 Å². The third-order valence-electron chi connectivity index (χ3n) is 3.32. The minimum absolute atomic E-state index is 0.231. The highest BCUT2D eigenvalue weighted by molar-refractivity contribution is 7.90. The minimum Gasteiger partial charge on any atom is -0.410 e. The van der Waals surface area contributed by atoms with E-state index in [1.165, 1.54) is 29.2 Å². The van der Waals surface area contributed by atoms with E-state index in [1.807, 2.05) is 6.07 Å². The largest absolute Gasteiger partial charge is 0.424 e. The number of hydrogen-bond acceptors (Lipinski definition) is 5. The predicted molar refractivity (Wildman–Crippen MR) is 88.6 cm³/mol. The number of hydrogen-bond donors (Lipinski definition) is 0. The first kappa shape index (κ1) is 15.9. The van der Waals surface area contributed by atoms with Gasteiger partial charge in [0.2, 0.25) is 0 Å². The van der Waals surface area contributed by atoms with Crippen LogP contribution in [0.3, 0.4) is 0 Å². The maximum Gasteiger partial charge on any atom is 0.424 e. The number of carbonyl (C=O) groups is 1. The topological polar surface area (TPSA) is 78.3 Å². The van der Waals surface area contributed by atoms with Crippen molar-refractivity contribution in [3.05, 3.63) is 67.1 Å². The van der Waals surface area contributed by atoms with Gasteiger partial charge in [0.25, 0.3) is 0 Å². The zero-order chi connectivity index (χ0) is 17.2. The molecular weight excluding hydrogens is 328 g/mol. The predicted octanol–water partition coefficient (Wildman–Crippen LogP) is 3.00. The first-order valence-electron chi connectivity index (χ1n) is 7.05. The molecular formula is C17H14N2O4S. The fraction of sp³-hybridized carbons (Fsp3) is 0.0588. The quantitative estimate of drug-likeness (QED) is 0.731. The van der Waals surface area contributed by atoms with Gasteiger partial charge in [0.05, 0.1) is 10.6 Å². The number of rotatable bonds is 3. The van der Waals surface area contributed by atoms with E-state index in [4.69, 9.17) is 4.74 Å². The van der Waals surface area contributed by atoms with E-state index in [2.05, 4.69) is 4.98 Å². The van der Waals surface area contributed by atoms with Crippen LogP contribution in [0.25, 0.3) is 11.3 Å². The van der Waals surface area contributed by atoms with Gasteiger partial charge in [-0.25, -0.2) is 22.8 Å². The van der Waals surface area contributed by atoms with E-state index in [0.29, 0.717) is 17.0 Å². The second kappa shape index (κ2) is 6.29. The molecule has 0 radical (unpaired) electrons. The molecule has 122 valence electrons. The van der Waals surface area contributed by atoms with Crippen molar-refractivity contribution in [3.8, 4) is 17.0 Å². The molecule has 3 rings (SSSR count). The summed E-state index contributed by atoms with van der Waals surface area (Å²) in [6.07, 6.45) is 3.45. The molecule has 0 spiro atoms. The molecule has 2 aromatic carbocycles. The SMILES string of the molecule is CS(=O)(=O)c1ccc(-c2cn(C(=O)Oc3ccccc3)cn2)cc1. The Balaban J connectivity index is 1.79. The summed E-state index contributed by atoms with van der Waals surface area (Å²) in [6, 6.07) is 15.0. The summed E-state index contributed by atoms with van der Waals surface area (Å²) in [6.45, 7) is 0. The lowest BCUT2D eigenvalue weighted by Crippen LogP contribution is -2.14. The Kier molecular flexibility index (Phi) is 4.18. The molecule has 0 atom stereocenters. The van der Waals surface area contributed by atoms with Crippen LogP contribution < -0.4 is 4.74 Å². The average Bonchev–Trinajstić information content (AvgIpc) is 3.05. The Hall–Kier alpha value is -2.93. The van der Waals surface area contributed by atoms with Gasteiger partial charge < -0.3 is 4.74 Å². The maximum atomic E-state index is 12.1. The normalized spacial score (nSPS) is 11.2. The molecule has 0 bridgehead atoms. The van der Waals surface area contributed by atoms with Crippen molar-refractivity contribution in [2.75, 3.05) is 6.26 Å². The lowest BCUT2D eigenvalue weighted by Gasteiger charge is -2.03. The number of carbonyl (C=O) groups excluding carboxylic acids is 1. The number of imidazole rings is 1. The van der Waals surface area contributed by atoms with Crippen molar-refractivity contribution >= 4 is 15.9 Å². The van der Waals surface area contributed by atoms with Crippen LogP contribution in [0.2, 0.25) is 0 Å². The van der Waals surface area contributed by atoms with E-state index in [1.54, 1.807) is 36.4 Å². The Labute approximate surface area is 139 Å². The van der Waals surface area contributed by atoms with Crippen LogP contribution in [0, 0.1) is 0 Å². The van der Waals surface area contributed by atoms with Crippen molar-refractivity contribution in [3.63, 3.8) is 0 Å². The molecule has 0 N–H and O–H groups in total. The van der Waals surface area contributed by atoms with Crippen LogP contribution in [0.5, 0.6) is 5.75 Å². The lowest BCUT2D eigenvalue weighted by molar-refractivity contribution is 0.202. The van der Waals surface area contributed by atoms with Crippen LogP contribution in [-0.4, -0.2) is 30.3 Å². The molecule has 0 aliphatic rings. The third kappa shape index (κ3) is 3.52. The third-order valence-corrected chi connectivity index (χ3v) is 4.45. The molecule has 1 aromatic heterocycles. The van der Waals surface area contributed by atoms with Crippen LogP contribution in [0.4, 0.5) is 4.79 Å². The lowest BCUT2D eigenvalue weighted by atomic mass is 10.2. The molecule has 1 heterocycles. The highest BCUT2D eigenvalue weighted by atomic mass is 32.2. The number of ether oxygens (including phenoxy) is 1. The molecule has 0 saturated carbocycles. The van der Waals surface area contributed by atoms with Gasteiger partial charge in [-0.05, 0) is 24.3 Å². The molecule has 3 aromatic rings. The van der Waals surface area contributed by atoms with Gasteiger partial charge in [-0.1, -0.05) is 30.3 Å². The highest BCUT2D eigenvalue weighted by Gasteiger charge is 2.11. The van der Waals surface area contributed by atoms with Gasteiger partial charge in [-0.2, -0.15) is 0 Å². The molecule has 0 aliphatic carbocycles. The molecule has 0 unspecified atom stereocenters. The van der Waals surface area contributed by atoms with E-state index in [9.17, 15) is 13.2 Å². The maximum absolute atomic E-state index is 12.1. The van der Waals surface area contributed by atoms with Crippen molar-refractivity contribution in [1.29, 1.82) is 0 Å². The number of aromatic nitrogens is 2. The summed E-state index contributed by atoms with van der Waals surface area (Å²) >= 11 is 0. The molecule has 0 aliphatic heterocycles. The van der Waals surface area contributed by atoms with E-state index in [-0.39, 0.29) is 4.90 Å². The van der Waals surface area contributed by atoms with Crippen molar-refractivity contribution in [1.82, 2.24) is 9.55 Å². The molecule has 24 heavy (non-hydrogen) atoms. The van der Waals surface area contributed by atoms with Crippen molar-refractivity contribution in [2.24, 2.45) is 0 Å². The van der Waals surface area contributed by atoms with E-state index >= 15 is 0 Å². The standard InChI is InChI=1S/C17H14N2O4S/c1-24(21,22)15-9-7-13(8-10-15)16-11-19(12-18-16)17(20)23-14-5-3-2-4-6-14/h2-12H,1H3. The molecule has 0 fully saturated rings. The summed E-state index contributed by atoms with van der Waals surface area (Å²) in [5, 5.41) is 0. The fourth-order valence-corrected chi connectivity index (χ4v) is 2.72. The average molecular weight is 342 g/mol. The smallest absolute Gasteiger partial charge is 0.410 e. The van der Waals surface area contributed by atoms with Crippen LogP contribution in [0.15, 0.2) is 72.0 Å². The first-order valence-corrected chi connectivity index (χ1v) is 8.94.